The fraction of sp³-hybridized carbons (Fsp3) is 0.0678. The molecule has 11 rings (SSSR count). The molecule has 0 fully saturated rings. The molecule has 2 heterocycles. The van der Waals surface area contributed by atoms with Crippen LogP contribution < -0.4 is 0 Å². The number of benzene rings is 9. The van der Waals surface area contributed by atoms with E-state index < -0.39 is 11.7 Å². The van der Waals surface area contributed by atoms with E-state index in [1.54, 1.807) is 6.92 Å². The minimum atomic E-state index is -4.55. The Morgan fingerprint density at radius 3 is 1.52 bits per heavy atom. The van der Waals surface area contributed by atoms with Crippen molar-refractivity contribution >= 4 is 43.6 Å². The Hall–Kier alpha value is -8.14. The molecule has 3 nitrogen and oxygen atoms in total. The van der Waals surface area contributed by atoms with Gasteiger partial charge in [0.25, 0.3) is 0 Å². The first-order valence-corrected chi connectivity index (χ1v) is 21.6. The molecule has 0 atom stereocenters. The molecule has 65 heavy (non-hydrogen) atoms. The second-order valence-electron chi connectivity index (χ2n) is 17.1. The van der Waals surface area contributed by atoms with E-state index in [4.69, 9.17) is 0 Å². The summed E-state index contributed by atoms with van der Waals surface area (Å²) in [5.41, 5.74) is 15.0. The average Bonchev–Trinajstić information content (AvgIpc) is 3.83. The van der Waals surface area contributed by atoms with Gasteiger partial charge in [-0.1, -0.05) is 120 Å². The van der Waals surface area contributed by atoms with Gasteiger partial charge in [0, 0.05) is 32.8 Å². The predicted molar refractivity (Wildman–Crippen MR) is 261 cm³/mol. The monoisotopic (exact) mass is 847 g/mol. The van der Waals surface area contributed by atoms with Crippen LogP contribution in [0.4, 0.5) is 13.2 Å². The van der Waals surface area contributed by atoms with Crippen LogP contribution in [0.1, 0.15) is 27.8 Å². The van der Waals surface area contributed by atoms with Crippen LogP contribution in [0, 0.1) is 32.1 Å². The number of rotatable bonds is 6. The molecular weight excluding hydrogens is 808 g/mol. The van der Waals surface area contributed by atoms with Crippen molar-refractivity contribution in [3.63, 3.8) is 0 Å². The summed E-state index contributed by atoms with van der Waals surface area (Å²) in [4.78, 5) is 0. The number of para-hydroxylation sites is 2. The van der Waals surface area contributed by atoms with Crippen molar-refractivity contribution in [2.45, 2.75) is 26.9 Å². The summed E-state index contributed by atoms with van der Waals surface area (Å²) in [6.07, 6.45) is -4.55. The van der Waals surface area contributed by atoms with Gasteiger partial charge in [-0.3, -0.25) is 0 Å². The number of alkyl halides is 3. The highest BCUT2D eigenvalue weighted by Gasteiger charge is 2.31. The Morgan fingerprint density at radius 2 is 0.938 bits per heavy atom. The zero-order valence-electron chi connectivity index (χ0n) is 35.9. The zero-order chi connectivity index (χ0) is 44.6. The van der Waals surface area contributed by atoms with E-state index in [1.807, 2.05) is 60.7 Å². The summed E-state index contributed by atoms with van der Waals surface area (Å²) in [6, 6.07) is 64.9. The third-order valence-electron chi connectivity index (χ3n) is 12.7. The maximum atomic E-state index is 14.5. The SMILES string of the molecule is Cc1ccc(-c2ccc3c(c2)c2ccccc2n3-c2ccc(-c3cc(C)cc(C(F)(F)F)c3)c(-c3cc(C#N)ccc3-n3c4ccccc4c4cc(-c5ccc(C)cc5)ccc43)c2)cc1. The molecule has 0 unspecified atom stereocenters. The molecule has 0 spiro atoms. The first-order chi connectivity index (χ1) is 31.5. The second kappa shape index (κ2) is 15.3. The highest BCUT2D eigenvalue weighted by atomic mass is 19.4. The molecule has 0 amide bonds. The van der Waals surface area contributed by atoms with Crippen LogP contribution in [-0.2, 0) is 6.18 Å². The molecule has 11 aromatic rings. The van der Waals surface area contributed by atoms with Crippen molar-refractivity contribution in [2.75, 3.05) is 0 Å². The van der Waals surface area contributed by atoms with Crippen LogP contribution in [-0.4, -0.2) is 9.13 Å². The number of hydrogen-bond donors (Lipinski definition) is 0. The normalized spacial score (nSPS) is 11.8. The van der Waals surface area contributed by atoms with E-state index >= 15 is 0 Å². The minimum Gasteiger partial charge on any atom is -0.309 e. The van der Waals surface area contributed by atoms with Crippen molar-refractivity contribution in [1.82, 2.24) is 9.13 Å². The van der Waals surface area contributed by atoms with Crippen LogP contribution in [0.25, 0.3) is 99.5 Å². The van der Waals surface area contributed by atoms with Crippen molar-refractivity contribution in [2.24, 2.45) is 0 Å². The van der Waals surface area contributed by atoms with Crippen LogP contribution in [0.15, 0.2) is 188 Å². The molecular formula is C59H40F3N3. The van der Waals surface area contributed by atoms with E-state index in [-0.39, 0.29) is 0 Å². The van der Waals surface area contributed by atoms with Crippen molar-refractivity contribution < 1.29 is 13.2 Å². The Morgan fingerprint density at radius 1 is 0.400 bits per heavy atom. The van der Waals surface area contributed by atoms with Gasteiger partial charge in [-0.05, 0) is 144 Å². The number of nitriles is 1. The van der Waals surface area contributed by atoms with Gasteiger partial charge in [-0.2, -0.15) is 18.4 Å². The summed E-state index contributed by atoms with van der Waals surface area (Å²) in [5.74, 6) is 0. The number of aryl methyl sites for hydroxylation is 3. The lowest BCUT2D eigenvalue weighted by molar-refractivity contribution is -0.137. The van der Waals surface area contributed by atoms with Gasteiger partial charge in [0.15, 0.2) is 0 Å². The van der Waals surface area contributed by atoms with Crippen molar-refractivity contribution in [1.29, 1.82) is 5.26 Å². The molecule has 0 N–H and O–H groups in total. The summed E-state index contributed by atoms with van der Waals surface area (Å²) < 4.78 is 48.1. The van der Waals surface area contributed by atoms with Crippen LogP contribution in [0.2, 0.25) is 0 Å². The molecule has 6 heteroatoms. The van der Waals surface area contributed by atoms with Gasteiger partial charge < -0.3 is 9.13 Å². The molecule has 9 aromatic carbocycles. The van der Waals surface area contributed by atoms with Crippen LogP contribution in [0.5, 0.6) is 0 Å². The van der Waals surface area contributed by atoms with Gasteiger partial charge in [0.2, 0.25) is 0 Å². The first kappa shape index (κ1) is 39.7. The Labute approximate surface area is 374 Å². The third-order valence-corrected chi connectivity index (χ3v) is 12.7. The molecule has 0 radical (unpaired) electrons. The summed E-state index contributed by atoms with van der Waals surface area (Å²) >= 11 is 0. The van der Waals surface area contributed by atoms with E-state index in [0.29, 0.717) is 33.4 Å². The van der Waals surface area contributed by atoms with Gasteiger partial charge >= 0.3 is 6.18 Å². The Kier molecular flexibility index (Phi) is 9.34. The summed E-state index contributed by atoms with van der Waals surface area (Å²) in [6.45, 7) is 5.86. The molecule has 0 saturated heterocycles. The quantitative estimate of drug-likeness (QED) is 0.164. The second-order valence-corrected chi connectivity index (χ2v) is 17.1. The molecule has 0 bridgehead atoms. The third kappa shape index (κ3) is 6.85. The average molecular weight is 848 g/mol. The fourth-order valence-electron chi connectivity index (χ4n) is 9.60. The molecule has 2 aromatic heterocycles. The number of hydrogen-bond acceptors (Lipinski definition) is 1. The minimum absolute atomic E-state index is 0.433. The number of halogens is 3. The zero-order valence-corrected chi connectivity index (χ0v) is 35.9. The summed E-state index contributed by atoms with van der Waals surface area (Å²) in [5, 5.41) is 14.7. The lowest BCUT2D eigenvalue weighted by atomic mass is 9.90. The standard InChI is InChI=1S/C59H40F3N3/c1-36-12-17-40(18-13-36)42-21-26-56-52(32-42)48-8-4-6-10-54(48)64(56)46-23-24-47(44-28-38(3)29-45(31-44)59(60,61)62)50(34-46)51-30-39(35-63)16-25-57(51)65-55-11-7-5-9-49(55)53-33-43(22-27-58(53)65)41-19-14-37(2)15-20-41/h4-34H,1-3H3. The number of aromatic nitrogens is 2. The Balaban J connectivity index is 1.20. The van der Waals surface area contributed by atoms with E-state index in [9.17, 15) is 18.4 Å². The fourth-order valence-corrected chi connectivity index (χ4v) is 9.60. The maximum Gasteiger partial charge on any atom is 0.416 e. The van der Waals surface area contributed by atoms with E-state index in [2.05, 4.69) is 144 Å². The van der Waals surface area contributed by atoms with Gasteiger partial charge in [-0.25, -0.2) is 0 Å². The molecule has 312 valence electrons. The number of fused-ring (bicyclic) bond motifs is 6. The smallest absolute Gasteiger partial charge is 0.309 e. The van der Waals surface area contributed by atoms with Crippen LogP contribution >= 0.6 is 0 Å². The lowest BCUT2D eigenvalue weighted by Gasteiger charge is -2.20. The topological polar surface area (TPSA) is 33.6 Å². The summed E-state index contributed by atoms with van der Waals surface area (Å²) in [7, 11) is 0. The lowest BCUT2D eigenvalue weighted by Crippen LogP contribution is -2.06. The predicted octanol–water partition coefficient (Wildman–Crippen LogP) is 16.4. The van der Waals surface area contributed by atoms with E-state index in [1.165, 1.54) is 23.3 Å². The van der Waals surface area contributed by atoms with Crippen LogP contribution in [0.3, 0.4) is 0 Å². The molecule has 0 saturated carbocycles. The molecule has 0 aliphatic carbocycles. The van der Waals surface area contributed by atoms with Gasteiger partial charge in [-0.15, -0.1) is 0 Å². The Bertz CT molecular complexity index is 3730. The number of nitrogens with zero attached hydrogens (tertiary/aromatic N) is 3. The van der Waals surface area contributed by atoms with Gasteiger partial charge in [0.1, 0.15) is 0 Å². The molecule has 0 aliphatic rings. The van der Waals surface area contributed by atoms with Crippen molar-refractivity contribution in [3.05, 3.63) is 216 Å². The first-order valence-electron chi connectivity index (χ1n) is 21.6. The molecule has 0 aliphatic heterocycles. The largest absolute Gasteiger partial charge is 0.416 e. The van der Waals surface area contributed by atoms with E-state index in [0.717, 1.165) is 77.2 Å². The van der Waals surface area contributed by atoms with Crippen molar-refractivity contribution in [3.8, 4) is 62.0 Å². The highest BCUT2D eigenvalue weighted by Crippen LogP contribution is 2.44. The van der Waals surface area contributed by atoms with Gasteiger partial charge in [0.05, 0.1) is 45.0 Å². The maximum absolute atomic E-state index is 14.5. The highest BCUT2D eigenvalue weighted by molar-refractivity contribution is 6.12.